The lowest BCUT2D eigenvalue weighted by Gasteiger charge is -2.10. The lowest BCUT2D eigenvalue weighted by atomic mass is 10.1. The minimum absolute atomic E-state index is 0.0574. The van der Waals surface area contributed by atoms with Gasteiger partial charge in [0.25, 0.3) is 0 Å². The fraction of sp³-hybridized carbons (Fsp3) is 0.556. The zero-order valence-electron chi connectivity index (χ0n) is 15.9. The second-order valence-corrected chi connectivity index (χ2v) is 7.47. The molecule has 0 bridgehead atoms. The van der Waals surface area contributed by atoms with Gasteiger partial charge in [0.2, 0.25) is 11.1 Å². The molecule has 7 nitrogen and oxygen atoms in total. The second kappa shape index (κ2) is 10.3. The average molecular weight is 378 g/mol. The van der Waals surface area contributed by atoms with Gasteiger partial charge < -0.3 is 10.1 Å². The fourth-order valence-electron chi connectivity index (χ4n) is 2.25. The van der Waals surface area contributed by atoms with Crippen LogP contribution in [0.4, 0.5) is 0 Å². The number of nitrogens with zero attached hydrogens (tertiary/aromatic N) is 4. The Morgan fingerprint density at radius 3 is 2.88 bits per heavy atom. The first-order chi connectivity index (χ1) is 12.5. The van der Waals surface area contributed by atoms with Crippen molar-refractivity contribution >= 4 is 17.7 Å². The van der Waals surface area contributed by atoms with E-state index in [0.29, 0.717) is 24.2 Å². The molecule has 0 spiro atoms. The third kappa shape index (κ3) is 6.10. The molecular weight excluding hydrogens is 350 g/mol. The Bertz CT molecular complexity index is 717. The summed E-state index contributed by atoms with van der Waals surface area (Å²) in [6.07, 6.45) is 1.03. The molecule has 0 atom stereocenters. The monoisotopic (exact) mass is 377 g/mol. The normalized spacial score (nSPS) is 11.1. The summed E-state index contributed by atoms with van der Waals surface area (Å²) in [4.78, 5) is 12.0. The SMILES string of the molecule is Cc1cccc(-n2nnnc2SCC(=O)NCCOCCC(C)C)c1C. The molecule has 26 heavy (non-hydrogen) atoms. The maximum Gasteiger partial charge on any atom is 0.230 e. The highest BCUT2D eigenvalue weighted by atomic mass is 32.2. The van der Waals surface area contributed by atoms with Crippen LogP contribution in [0.15, 0.2) is 23.4 Å². The van der Waals surface area contributed by atoms with Gasteiger partial charge in [0, 0.05) is 13.2 Å². The van der Waals surface area contributed by atoms with Crippen LogP contribution in [0.2, 0.25) is 0 Å². The molecule has 1 N–H and O–H groups in total. The zero-order chi connectivity index (χ0) is 18.9. The number of ether oxygens (including phenoxy) is 1. The summed E-state index contributed by atoms with van der Waals surface area (Å²) in [5.41, 5.74) is 3.21. The van der Waals surface area contributed by atoms with Crippen molar-refractivity contribution < 1.29 is 9.53 Å². The summed E-state index contributed by atoms with van der Waals surface area (Å²) in [5, 5.41) is 15.3. The molecule has 1 amide bonds. The minimum Gasteiger partial charge on any atom is -0.380 e. The molecule has 2 aromatic rings. The Hall–Kier alpha value is -1.93. The standard InChI is InChI=1S/C18H27N5O2S/c1-13(2)8-10-25-11-9-19-17(24)12-26-18-20-21-22-23(18)16-7-5-6-14(3)15(16)4/h5-7,13H,8-12H2,1-4H3,(H,19,24). The largest absolute Gasteiger partial charge is 0.380 e. The van der Waals surface area contributed by atoms with Gasteiger partial charge in [-0.05, 0) is 53.8 Å². The van der Waals surface area contributed by atoms with E-state index in [4.69, 9.17) is 4.74 Å². The van der Waals surface area contributed by atoms with E-state index in [2.05, 4.69) is 34.7 Å². The van der Waals surface area contributed by atoms with Crippen LogP contribution in [0, 0.1) is 19.8 Å². The third-order valence-electron chi connectivity index (χ3n) is 3.99. The molecule has 0 aliphatic heterocycles. The molecular formula is C18H27N5O2S. The summed E-state index contributed by atoms with van der Waals surface area (Å²) in [5.74, 6) is 0.832. The number of carbonyl (C=O) groups is 1. The molecule has 142 valence electrons. The third-order valence-corrected chi connectivity index (χ3v) is 4.90. The molecule has 0 aliphatic rings. The lowest BCUT2D eigenvalue weighted by molar-refractivity contribution is -0.118. The van der Waals surface area contributed by atoms with Gasteiger partial charge in [0.05, 0.1) is 18.0 Å². The number of hydrogen-bond donors (Lipinski definition) is 1. The van der Waals surface area contributed by atoms with E-state index in [-0.39, 0.29) is 11.7 Å². The Balaban J connectivity index is 1.79. The first-order valence-electron chi connectivity index (χ1n) is 8.81. The molecule has 0 fully saturated rings. The number of tetrazole rings is 1. The van der Waals surface area contributed by atoms with Crippen molar-refractivity contribution in [1.29, 1.82) is 0 Å². The van der Waals surface area contributed by atoms with Crippen LogP contribution in [0.1, 0.15) is 31.4 Å². The molecule has 8 heteroatoms. The summed E-state index contributed by atoms with van der Waals surface area (Å²) < 4.78 is 7.16. The van der Waals surface area contributed by atoms with E-state index >= 15 is 0 Å². The van der Waals surface area contributed by atoms with Crippen molar-refractivity contribution in [2.24, 2.45) is 5.92 Å². The maximum absolute atomic E-state index is 12.0. The van der Waals surface area contributed by atoms with Crippen LogP contribution in [0.25, 0.3) is 5.69 Å². The van der Waals surface area contributed by atoms with Crippen molar-refractivity contribution in [3.05, 3.63) is 29.3 Å². The quantitative estimate of drug-likeness (QED) is 0.506. The number of hydrogen-bond acceptors (Lipinski definition) is 6. The molecule has 0 saturated carbocycles. The number of aryl methyl sites for hydroxylation is 1. The topological polar surface area (TPSA) is 81.9 Å². The number of carbonyl (C=O) groups excluding carboxylic acids is 1. The summed E-state index contributed by atoms with van der Waals surface area (Å²) in [7, 11) is 0. The van der Waals surface area contributed by atoms with Crippen molar-refractivity contribution in [1.82, 2.24) is 25.5 Å². The van der Waals surface area contributed by atoms with Crippen LogP contribution in [-0.2, 0) is 9.53 Å². The zero-order valence-corrected chi connectivity index (χ0v) is 16.7. The molecule has 1 aromatic carbocycles. The van der Waals surface area contributed by atoms with Gasteiger partial charge in [-0.15, -0.1) is 5.10 Å². The van der Waals surface area contributed by atoms with Gasteiger partial charge in [0.15, 0.2) is 0 Å². The van der Waals surface area contributed by atoms with E-state index in [1.165, 1.54) is 17.3 Å². The Kier molecular flexibility index (Phi) is 8.06. The van der Waals surface area contributed by atoms with Crippen LogP contribution in [0.3, 0.4) is 0 Å². The summed E-state index contributed by atoms with van der Waals surface area (Å²) in [6.45, 7) is 10.2. The Morgan fingerprint density at radius 1 is 1.31 bits per heavy atom. The Labute approximate surface area is 158 Å². The van der Waals surface area contributed by atoms with Gasteiger partial charge in [-0.25, -0.2) is 0 Å². The molecule has 0 aliphatic carbocycles. The summed E-state index contributed by atoms with van der Waals surface area (Å²) >= 11 is 1.32. The highest BCUT2D eigenvalue weighted by molar-refractivity contribution is 7.99. The molecule has 0 radical (unpaired) electrons. The number of benzene rings is 1. The van der Waals surface area contributed by atoms with Crippen molar-refractivity contribution in [3.63, 3.8) is 0 Å². The van der Waals surface area contributed by atoms with E-state index < -0.39 is 0 Å². The van der Waals surface area contributed by atoms with Crippen LogP contribution < -0.4 is 5.32 Å². The predicted octanol–water partition coefficient (Wildman–Crippen LogP) is 2.55. The molecule has 1 heterocycles. The van der Waals surface area contributed by atoms with E-state index in [0.717, 1.165) is 24.3 Å². The minimum atomic E-state index is -0.0574. The number of rotatable bonds is 10. The van der Waals surface area contributed by atoms with Gasteiger partial charge in [-0.2, -0.15) is 4.68 Å². The van der Waals surface area contributed by atoms with Gasteiger partial charge in [-0.3, -0.25) is 4.79 Å². The second-order valence-electron chi connectivity index (χ2n) is 6.53. The number of amides is 1. The van der Waals surface area contributed by atoms with Crippen molar-refractivity contribution in [2.75, 3.05) is 25.5 Å². The molecule has 0 unspecified atom stereocenters. The first-order valence-corrected chi connectivity index (χ1v) is 9.79. The van der Waals surface area contributed by atoms with Crippen molar-refractivity contribution in [2.45, 2.75) is 39.3 Å². The first kappa shape index (κ1) is 20.4. The molecule has 0 saturated heterocycles. The average Bonchev–Trinajstić information content (AvgIpc) is 3.06. The van der Waals surface area contributed by atoms with Crippen LogP contribution in [-0.4, -0.2) is 51.6 Å². The van der Waals surface area contributed by atoms with Gasteiger partial charge in [0.1, 0.15) is 0 Å². The van der Waals surface area contributed by atoms with Crippen LogP contribution >= 0.6 is 11.8 Å². The van der Waals surface area contributed by atoms with Crippen molar-refractivity contribution in [3.8, 4) is 5.69 Å². The van der Waals surface area contributed by atoms with E-state index in [1.54, 1.807) is 4.68 Å². The molecule has 2 rings (SSSR count). The van der Waals surface area contributed by atoms with Gasteiger partial charge in [-0.1, -0.05) is 37.7 Å². The summed E-state index contributed by atoms with van der Waals surface area (Å²) in [6, 6.07) is 5.99. The fourth-order valence-corrected chi connectivity index (χ4v) is 2.96. The number of aromatic nitrogens is 4. The molecule has 1 aromatic heterocycles. The van der Waals surface area contributed by atoms with E-state index in [9.17, 15) is 4.79 Å². The number of nitrogens with one attached hydrogen (secondary N) is 1. The van der Waals surface area contributed by atoms with Gasteiger partial charge >= 0.3 is 0 Å². The number of thioether (sulfide) groups is 1. The Morgan fingerprint density at radius 2 is 2.12 bits per heavy atom. The maximum atomic E-state index is 12.0. The lowest BCUT2D eigenvalue weighted by Crippen LogP contribution is -2.29. The predicted molar refractivity (Wildman–Crippen MR) is 103 cm³/mol. The highest BCUT2D eigenvalue weighted by Gasteiger charge is 2.13. The van der Waals surface area contributed by atoms with Crippen LogP contribution in [0.5, 0.6) is 0 Å². The smallest absolute Gasteiger partial charge is 0.230 e. The highest BCUT2D eigenvalue weighted by Crippen LogP contribution is 2.22. The van der Waals surface area contributed by atoms with E-state index in [1.807, 2.05) is 32.0 Å².